The van der Waals surface area contributed by atoms with E-state index in [-0.39, 0.29) is 0 Å². The fourth-order valence-corrected chi connectivity index (χ4v) is 1.99. The number of thiophene rings is 1. The van der Waals surface area contributed by atoms with Crippen molar-refractivity contribution >= 4 is 17.4 Å². The summed E-state index contributed by atoms with van der Waals surface area (Å²) in [5.74, 6) is 0. The second kappa shape index (κ2) is 4.77. The Labute approximate surface area is 88.5 Å². The number of benzene rings is 1. The number of rotatable bonds is 3. The average molecular weight is 200 g/mol. The van der Waals surface area contributed by atoms with Crippen LogP contribution in [0.3, 0.4) is 0 Å². The lowest BCUT2D eigenvalue weighted by Crippen LogP contribution is -1.72. The lowest BCUT2D eigenvalue weighted by atomic mass is 10.2. The van der Waals surface area contributed by atoms with Crippen molar-refractivity contribution in [3.8, 4) is 0 Å². The van der Waals surface area contributed by atoms with Crippen molar-refractivity contribution in [3.63, 3.8) is 0 Å². The van der Waals surface area contributed by atoms with Crippen molar-refractivity contribution in [2.24, 2.45) is 0 Å². The summed E-state index contributed by atoms with van der Waals surface area (Å²) in [6.45, 7) is 0. The Morgan fingerprint density at radius 1 is 1.00 bits per heavy atom. The van der Waals surface area contributed by atoms with Gasteiger partial charge >= 0.3 is 0 Å². The first-order valence-electron chi connectivity index (χ1n) is 4.69. The standard InChI is InChI=1S/C13H12S/c1-2-6-12(7-3-1)8-4-9-13-10-5-11-14-13/h1-8,10-11H,9H2/b8-4+. The molecule has 0 spiro atoms. The predicted molar refractivity (Wildman–Crippen MR) is 63.5 cm³/mol. The maximum atomic E-state index is 2.21. The van der Waals surface area contributed by atoms with Gasteiger partial charge in [-0.3, -0.25) is 0 Å². The van der Waals surface area contributed by atoms with E-state index in [0.717, 1.165) is 6.42 Å². The molecule has 0 nitrogen and oxygen atoms in total. The lowest BCUT2D eigenvalue weighted by Gasteiger charge is -1.91. The Hall–Kier alpha value is -1.34. The van der Waals surface area contributed by atoms with Crippen LogP contribution >= 0.6 is 11.3 Å². The molecule has 0 saturated heterocycles. The van der Waals surface area contributed by atoms with Crippen molar-refractivity contribution < 1.29 is 0 Å². The summed E-state index contributed by atoms with van der Waals surface area (Å²) in [6, 6.07) is 14.7. The molecule has 1 aromatic heterocycles. The Balaban J connectivity index is 1.96. The van der Waals surface area contributed by atoms with E-state index in [1.165, 1.54) is 10.4 Å². The summed E-state index contributed by atoms with van der Waals surface area (Å²) in [5.41, 5.74) is 1.27. The minimum Gasteiger partial charge on any atom is -0.149 e. The van der Waals surface area contributed by atoms with E-state index < -0.39 is 0 Å². The molecule has 2 rings (SSSR count). The van der Waals surface area contributed by atoms with Crippen molar-refractivity contribution in [1.82, 2.24) is 0 Å². The molecule has 0 fully saturated rings. The van der Waals surface area contributed by atoms with Crippen LogP contribution in [0.1, 0.15) is 10.4 Å². The van der Waals surface area contributed by atoms with E-state index in [0.29, 0.717) is 0 Å². The van der Waals surface area contributed by atoms with Crippen molar-refractivity contribution in [1.29, 1.82) is 0 Å². The molecule has 0 amide bonds. The molecule has 1 aromatic carbocycles. The third kappa shape index (κ3) is 2.57. The Bertz CT molecular complexity index is 384. The molecule has 1 heterocycles. The van der Waals surface area contributed by atoms with Crippen LogP contribution in [0.2, 0.25) is 0 Å². The summed E-state index contributed by atoms with van der Waals surface area (Å²) in [4.78, 5) is 1.41. The minimum absolute atomic E-state index is 1.03. The molecule has 14 heavy (non-hydrogen) atoms. The molecule has 0 unspecified atom stereocenters. The van der Waals surface area contributed by atoms with E-state index in [1.54, 1.807) is 11.3 Å². The summed E-state index contributed by atoms with van der Waals surface area (Å²) >= 11 is 1.81. The molecule has 1 heteroatoms. The van der Waals surface area contributed by atoms with Crippen LogP contribution in [-0.2, 0) is 6.42 Å². The first-order valence-corrected chi connectivity index (χ1v) is 5.57. The van der Waals surface area contributed by atoms with Crippen molar-refractivity contribution in [3.05, 3.63) is 64.4 Å². The minimum atomic E-state index is 1.03. The van der Waals surface area contributed by atoms with Gasteiger partial charge in [0, 0.05) is 11.3 Å². The molecule has 0 N–H and O–H groups in total. The molecule has 2 aromatic rings. The number of hydrogen-bond acceptors (Lipinski definition) is 1. The van der Waals surface area contributed by atoms with E-state index in [1.807, 2.05) is 6.07 Å². The summed E-state index contributed by atoms with van der Waals surface area (Å²) in [7, 11) is 0. The maximum absolute atomic E-state index is 2.21. The monoisotopic (exact) mass is 200 g/mol. The quantitative estimate of drug-likeness (QED) is 0.702. The van der Waals surface area contributed by atoms with Gasteiger partial charge in [-0.05, 0) is 17.0 Å². The van der Waals surface area contributed by atoms with Crippen LogP contribution in [0.25, 0.3) is 6.08 Å². The van der Waals surface area contributed by atoms with Crippen LogP contribution in [0, 0.1) is 0 Å². The van der Waals surface area contributed by atoms with Crippen LogP contribution in [-0.4, -0.2) is 0 Å². The maximum Gasteiger partial charge on any atom is 0.00829 e. The van der Waals surface area contributed by atoms with E-state index >= 15 is 0 Å². The van der Waals surface area contributed by atoms with Crippen LogP contribution in [0.15, 0.2) is 53.9 Å². The highest BCUT2D eigenvalue weighted by Gasteiger charge is 1.88. The zero-order valence-corrected chi connectivity index (χ0v) is 8.71. The summed E-state index contributed by atoms with van der Waals surface area (Å²) in [6.07, 6.45) is 5.41. The lowest BCUT2D eigenvalue weighted by molar-refractivity contribution is 1.36. The van der Waals surface area contributed by atoms with E-state index in [2.05, 4.69) is 53.9 Å². The number of allylic oxidation sites excluding steroid dienone is 1. The fraction of sp³-hybridized carbons (Fsp3) is 0.0769. The van der Waals surface area contributed by atoms with Gasteiger partial charge in [-0.25, -0.2) is 0 Å². The van der Waals surface area contributed by atoms with Gasteiger partial charge in [0.1, 0.15) is 0 Å². The Kier molecular flexibility index (Phi) is 3.15. The van der Waals surface area contributed by atoms with Gasteiger partial charge in [-0.1, -0.05) is 48.6 Å². The number of hydrogen-bond donors (Lipinski definition) is 0. The van der Waals surface area contributed by atoms with Crippen molar-refractivity contribution in [2.45, 2.75) is 6.42 Å². The summed E-state index contributed by atoms with van der Waals surface area (Å²) in [5, 5.41) is 2.12. The smallest absolute Gasteiger partial charge is 0.00829 e. The largest absolute Gasteiger partial charge is 0.149 e. The summed E-state index contributed by atoms with van der Waals surface area (Å²) < 4.78 is 0. The topological polar surface area (TPSA) is 0 Å². The van der Waals surface area contributed by atoms with Gasteiger partial charge < -0.3 is 0 Å². The third-order valence-electron chi connectivity index (χ3n) is 2.01. The molecule has 0 saturated carbocycles. The van der Waals surface area contributed by atoms with Gasteiger partial charge in [0.2, 0.25) is 0 Å². The molecular formula is C13H12S. The molecule has 70 valence electrons. The molecule has 0 bridgehead atoms. The van der Waals surface area contributed by atoms with Crippen LogP contribution in [0.5, 0.6) is 0 Å². The van der Waals surface area contributed by atoms with Gasteiger partial charge in [0.15, 0.2) is 0 Å². The van der Waals surface area contributed by atoms with Gasteiger partial charge in [-0.15, -0.1) is 11.3 Å². The zero-order chi connectivity index (χ0) is 9.64. The normalized spacial score (nSPS) is 10.9. The zero-order valence-electron chi connectivity index (χ0n) is 7.89. The highest BCUT2D eigenvalue weighted by Crippen LogP contribution is 2.10. The van der Waals surface area contributed by atoms with Crippen LogP contribution < -0.4 is 0 Å². The highest BCUT2D eigenvalue weighted by atomic mass is 32.1. The predicted octanol–water partition coefficient (Wildman–Crippen LogP) is 4.00. The third-order valence-corrected chi connectivity index (χ3v) is 2.91. The fourth-order valence-electron chi connectivity index (χ4n) is 1.30. The average Bonchev–Trinajstić information content (AvgIpc) is 2.72. The molecule has 0 aliphatic heterocycles. The second-order valence-corrected chi connectivity index (χ2v) is 4.13. The molecule has 0 radical (unpaired) electrons. The molecular weight excluding hydrogens is 188 g/mol. The van der Waals surface area contributed by atoms with E-state index in [4.69, 9.17) is 0 Å². The molecule has 0 aliphatic rings. The van der Waals surface area contributed by atoms with E-state index in [9.17, 15) is 0 Å². The van der Waals surface area contributed by atoms with Gasteiger partial charge in [0.05, 0.1) is 0 Å². The van der Waals surface area contributed by atoms with Crippen molar-refractivity contribution in [2.75, 3.05) is 0 Å². The Morgan fingerprint density at radius 3 is 2.57 bits per heavy atom. The molecule has 0 atom stereocenters. The van der Waals surface area contributed by atoms with Gasteiger partial charge in [0.25, 0.3) is 0 Å². The van der Waals surface area contributed by atoms with Crippen LogP contribution in [0.4, 0.5) is 0 Å². The Morgan fingerprint density at radius 2 is 1.86 bits per heavy atom. The van der Waals surface area contributed by atoms with Gasteiger partial charge in [-0.2, -0.15) is 0 Å². The first-order chi connectivity index (χ1) is 6.95. The highest BCUT2D eigenvalue weighted by molar-refractivity contribution is 7.09. The SMILES string of the molecule is C(=C\c1ccccc1)/Cc1cccs1. The molecule has 0 aliphatic carbocycles. The first kappa shape index (κ1) is 9.22. The second-order valence-electron chi connectivity index (χ2n) is 3.10.